The van der Waals surface area contributed by atoms with Crippen LogP contribution in [0.15, 0.2) is 0 Å². The van der Waals surface area contributed by atoms with Crippen molar-refractivity contribution in [3.8, 4) is 0 Å². The highest BCUT2D eigenvalue weighted by Crippen LogP contribution is 2.13. The molecule has 0 amide bonds. The number of carbonyl (C=O) groups is 1. The Bertz CT molecular complexity index is 145. The number of hydrogen-bond acceptors (Lipinski definition) is 3. The van der Waals surface area contributed by atoms with Gasteiger partial charge >= 0.3 is 5.43 Å². The van der Waals surface area contributed by atoms with Crippen molar-refractivity contribution in [1.29, 1.82) is 0 Å². The highest BCUT2D eigenvalue weighted by atomic mass is 35.5. The number of hydrogen-bond donors (Lipinski definition) is 0. The van der Waals surface area contributed by atoms with Crippen LogP contribution in [0.3, 0.4) is 0 Å². The zero-order valence-corrected chi connectivity index (χ0v) is 8.48. The van der Waals surface area contributed by atoms with Crippen LogP contribution in [-0.2, 0) is 9.47 Å². The fraction of sp³-hybridized carbons (Fsp3) is 0.875. The van der Waals surface area contributed by atoms with Crippen molar-refractivity contribution in [2.75, 3.05) is 6.61 Å². The topological polar surface area (TPSA) is 35.5 Å². The van der Waals surface area contributed by atoms with Gasteiger partial charge in [0.05, 0.1) is 6.61 Å². The van der Waals surface area contributed by atoms with E-state index in [9.17, 15) is 4.79 Å². The summed E-state index contributed by atoms with van der Waals surface area (Å²) in [6.07, 6.45) is 1.99. The molecule has 0 saturated carbocycles. The largest absolute Gasteiger partial charge is 0.422 e. The van der Waals surface area contributed by atoms with Gasteiger partial charge in [-0.2, -0.15) is 0 Å². The normalized spacial score (nSPS) is 11.3. The van der Waals surface area contributed by atoms with Crippen LogP contribution in [0.2, 0.25) is 0 Å². The van der Waals surface area contributed by atoms with Crippen LogP contribution in [0.1, 0.15) is 33.6 Å². The first-order valence-electron chi connectivity index (χ1n) is 4.00. The first-order chi connectivity index (χ1) is 5.48. The molecule has 0 unspecified atom stereocenters. The van der Waals surface area contributed by atoms with Gasteiger partial charge in [0.25, 0.3) is 0 Å². The van der Waals surface area contributed by atoms with Crippen LogP contribution in [-0.4, -0.2) is 17.8 Å². The smallest absolute Gasteiger partial charge is 0.406 e. The minimum atomic E-state index is -0.909. The second-order valence-corrected chi connectivity index (χ2v) is 3.25. The molecular formula is C8H15ClO3. The first-order valence-corrected chi connectivity index (χ1v) is 4.38. The molecule has 12 heavy (non-hydrogen) atoms. The lowest BCUT2D eigenvalue weighted by Gasteiger charge is -2.23. The van der Waals surface area contributed by atoms with Gasteiger partial charge in [-0.1, -0.05) is 13.3 Å². The Morgan fingerprint density at radius 3 is 2.50 bits per heavy atom. The number of unbranched alkanes of at least 4 members (excludes halogenated alkanes) is 1. The lowest BCUT2D eigenvalue weighted by Crippen LogP contribution is -2.29. The summed E-state index contributed by atoms with van der Waals surface area (Å²) in [5.74, 6) is -0.909. The highest BCUT2D eigenvalue weighted by molar-refractivity contribution is 6.61. The molecule has 0 N–H and O–H groups in total. The van der Waals surface area contributed by atoms with Crippen molar-refractivity contribution < 1.29 is 14.3 Å². The summed E-state index contributed by atoms with van der Waals surface area (Å²) < 4.78 is 9.94. The van der Waals surface area contributed by atoms with E-state index in [2.05, 4.69) is 11.7 Å². The second kappa shape index (κ2) is 5.38. The molecule has 0 spiro atoms. The van der Waals surface area contributed by atoms with E-state index >= 15 is 0 Å². The predicted molar refractivity (Wildman–Crippen MR) is 47.3 cm³/mol. The van der Waals surface area contributed by atoms with E-state index in [4.69, 9.17) is 16.3 Å². The lowest BCUT2D eigenvalue weighted by molar-refractivity contribution is -0.171. The van der Waals surface area contributed by atoms with Crippen molar-refractivity contribution in [3.05, 3.63) is 0 Å². The zero-order chi connectivity index (χ0) is 9.61. The summed E-state index contributed by atoms with van der Waals surface area (Å²) in [6.45, 7) is 5.95. The second-order valence-electron chi connectivity index (χ2n) is 2.94. The number of ether oxygens (including phenoxy) is 2. The van der Waals surface area contributed by atoms with Crippen LogP contribution in [0.5, 0.6) is 0 Å². The van der Waals surface area contributed by atoms with Crippen LogP contribution < -0.4 is 0 Å². The van der Waals surface area contributed by atoms with Gasteiger partial charge in [-0.05, 0) is 6.42 Å². The minimum Gasteiger partial charge on any atom is -0.422 e. The fourth-order valence-corrected chi connectivity index (χ4v) is 0.871. The van der Waals surface area contributed by atoms with Crippen LogP contribution in [0.25, 0.3) is 0 Å². The maximum absolute atomic E-state index is 10.4. The van der Waals surface area contributed by atoms with Crippen molar-refractivity contribution >= 4 is 17.0 Å². The molecule has 0 bridgehead atoms. The summed E-state index contributed by atoms with van der Waals surface area (Å²) in [5, 5.41) is 0. The van der Waals surface area contributed by atoms with E-state index in [1.54, 1.807) is 13.8 Å². The van der Waals surface area contributed by atoms with Crippen LogP contribution >= 0.6 is 11.6 Å². The fourth-order valence-electron chi connectivity index (χ4n) is 0.685. The number of carbonyl (C=O) groups excluding carboxylic acids is 1. The van der Waals surface area contributed by atoms with E-state index in [-0.39, 0.29) is 0 Å². The molecule has 3 nitrogen and oxygen atoms in total. The number of halogens is 1. The first kappa shape index (κ1) is 11.7. The molecule has 0 aromatic heterocycles. The average Bonchev–Trinajstić information content (AvgIpc) is 1.84. The third-order valence-corrected chi connectivity index (χ3v) is 1.35. The Balaban J connectivity index is 3.63. The van der Waals surface area contributed by atoms with Crippen molar-refractivity contribution in [2.45, 2.75) is 39.4 Å². The van der Waals surface area contributed by atoms with Crippen molar-refractivity contribution in [1.82, 2.24) is 0 Å². The maximum Gasteiger partial charge on any atom is 0.406 e. The Labute approximate surface area is 78.0 Å². The summed E-state index contributed by atoms with van der Waals surface area (Å²) in [4.78, 5) is 10.4. The Hall–Kier alpha value is -0.280. The molecule has 0 saturated heterocycles. The van der Waals surface area contributed by atoms with Gasteiger partial charge in [-0.25, -0.2) is 4.79 Å². The van der Waals surface area contributed by atoms with Crippen molar-refractivity contribution in [2.24, 2.45) is 0 Å². The molecule has 0 fully saturated rings. The Kier molecular flexibility index (Phi) is 5.25. The monoisotopic (exact) mass is 194 g/mol. The van der Waals surface area contributed by atoms with Gasteiger partial charge in [-0.3, -0.25) is 0 Å². The molecule has 0 atom stereocenters. The number of rotatable bonds is 5. The van der Waals surface area contributed by atoms with Crippen LogP contribution in [0.4, 0.5) is 4.79 Å². The van der Waals surface area contributed by atoms with E-state index in [1.165, 1.54) is 0 Å². The molecule has 0 rings (SSSR count). The predicted octanol–water partition coefficient (Wildman–Crippen LogP) is 2.91. The van der Waals surface area contributed by atoms with E-state index in [0.29, 0.717) is 6.61 Å². The third-order valence-electron chi connectivity index (χ3n) is 1.27. The zero-order valence-electron chi connectivity index (χ0n) is 7.72. The van der Waals surface area contributed by atoms with E-state index < -0.39 is 11.2 Å². The Morgan fingerprint density at radius 2 is 2.08 bits per heavy atom. The van der Waals surface area contributed by atoms with Gasteiger partial charge < -0.3 is 9.47 Å². The quantitative estimate of drug-likeness (QED) is 0.384. The summed E-state index contributed by atoms with van der Waals surface area (Å²) in [7, 11) is 0. The summed E-state index contributed by atoms with van der Waals surface area (Å²) >= 11 is 5.03. The molecular weight excluding hydrogens is 180 g/mol. The molecule has 0 radical (unpaired) electrons. The third kappa shape index (κ3) is 6.43. The van der Waals surface area contributed by atoms with Crippen LogP contribution in [0, 0.1) is 0 Å². The van der Waals surface area contributed by atoms with E-state index in [1.807, 2.05) is 0 Å². The molecule has 72 valence electrons. The van der Waals surface area contributed by atoms with Crippen molar-refractivity contribution in [3.63, 3.8) is 0 Å². The maximum atomic E-state index is 10.4. The summed E-state index contributed by atoms with van der Waals surface area (Å²) in [5.41, 5.74) is -0.837. The summed E-state index contributed by atoms with van der Waals surface area (Å²) in [6, 6.07) is 0. The average molecular weight is 195 g/mol. The van der Waals surface area contributed by atoms with Gasteiger partial charge in [0.1, 0.15) is 0 Å². The van der Waals surface area contributed by atoms with Gasteiger partial charge in [-0.15, -0.1) is 0 Å². The molecule has 4 heteroatoms. The van der Waals surface area contributed by atoms with E-state index in [0.717, 1.165) is 12.8 Å². The van der Waals surface area contributed by atoms with Gasteiger partial charge in [0.15, 0.2) is 0 Å². The molecule has 0 aromatic rings. The SMILES string of the molecule is CCCCOC(C)(C)OC(=O)Cl. The lowest BCUT2D eigenvalue weighted by atomic mass is 10.3. The standard InChI is InChI=1S/C8H15ClO3/c1-4-5-6-11-8(2,3)12-7(9)10/h4-6H2,1-3H3. The minimum absolute atomic E-state index is 0.577. The van der Waals surface area contributed by atoms with Gasteiger partial charge in [0, 0.05) is 25.4 Å². The molecule has 0 heterocycles. The Morgan fingerprint density at radius 1 is 1.50 bits per heavy atom. The molecule has 0 aliphatic heterocycles. The highest BCUT2D eigenvalue weighted by Gasteiger charge is 2.21. The molecule has 0 aromatic carbocycles. The molecule has 0 aliphatic carbocycles. The molecule has 0 aliphatic rings. The van der Waals surface area contributed by atoms with Gasteiger partial charge in [0.2, 0.25) is 5.79 Å².